The Bertz CT molecular complexity index is 15.1. The van der Waals surface area contributed by atoms with Gasteiger partial charge in [0.1, 0.15) is 8.83 Å². The van der Waals surface area contributed by atoms with Crippen LogP contribution >= 0.6 is 22.7 Å². The topological polar surface area (TPSA) is 0 Å². The molecule has 0 rings (SSSR count). The molecule has 0 amide bonds. The maximum atomic E-state index is 5.36. The molecule has 0 saturated heterocycles. The van der Waals surface area contributed by atoms with Crippen LogP contribution in [0, 0.1) is 0 Å². The molecule has 0 saturated carbocycles. The van der Waals surface area contributed by atoms with E-state index in [9.17, 15) is 0 Å². The Labute approximate surface area is 44.0 Å². The molecule has 0 nitrogen and oxygen atoms in total. The molecule has 0 radical (unpaired) electrons. The highest BCUT2D eigenvalue weighted by Gasteiger charge is 1.74. The van der Waals surface area contributed by atoms with Gasteiger partial charge in [-0.1, -0.05) is 0 Å². The van der Waals surface area contributed by atoms with Gasteiger partial charge in [-0.2, -0.15) is 11.1 Å². The number of hydrogen-bond acceptors (Lipinski definition) is 0. The fourth-order valence-electron chi connectivity index (χ4n) is 0.0505. The van der Waals surface area contributed by atoms with Crippen LogP contribution in [0.2, 0.25) is 6.04 Å². The second-order valence-corrected chi connectivity index (χ2v) is 3.33. The average molecular weight is 129 g/mol. The normalized spacial score (nSPS) is 10.8. The standard InChI is InChI=1S/C2H6Cl2Si/c3-1-2-5-4/h1-2,5H2. The van der Waals surface area contributed by atoms with E-state index in [1.807, 2.05) is 0 Å². The molecule has 0 unspecified atom stereocenters. The van der Waals surface area contributed by atoms with Crippen LogP contribution in [0.4, 0.5) is 0 Å². The van der Waals surface area contributed by atoms with E-state index in [0.29, 0.717) is 0 Å². The van der Waals surface area contributed by atoms with Crippen molar-refractivity contribution in [3.8, 4) is 0 Å². The van der Waals surface area contributed by atoms with Crippen LogP contribution in [0.25, 0.3) is 0 Å². The van der Waals surface area contributed by atoms with Gasteiger partial charge in [0, 0.05) is 5.88 Å². The average Bonchev–Trinajstić information content (AvgIpc) is 1.41. The summed E-state index contributed by atoms with van der Waals surface area (Å²) < 4.78 is 0. The molecule has 5 heavy (non-hydrogen) atoms. The summed E-state index contributed by atoms with van der Waals surface area (Å²) in [6, 6.07) is 1.06. The van der Waals surface area contributed by atoms with E-state index in [0.717, 1.165) is 11.9 Å². The Kier molecular flexibility index (Phi) is 5.56. The van der Waals surface area contributed by atoms with Crippen molar-refractivity contribution in [2.24, 2.45) is 0 Å². The van der Waals surface area contributed by atoms with Crippen LogP contribution in [0.5, 0.6) is 0 Å². The highest BCUT2D eigenvalue weighted by atomic mass is 35.6. The first-order chi connectivity index (χ1) is 2.41. The molecule has 0 atom stereocenters. The van der Waals surface area contributed by atoms with Gasteiger partial charge in [0.25, 0.3) is 0 Å². The number of rotatable bonds is 2. The summed E-state index contributed by atoms with van der Waals surface area (Å²) in [5, 5.41) is 0. The molecule has 0 aliphatic carbocycles. The fourth-order valence-corrected chi connectivity index (χ4v) is 1.36. The molecule has 0 aliphatic rings. The van der Waals surface area contributed by atoms with E-state index in [2.05, 4.69) is 0 Å². The number of alkyl halides is 1. The molecule has 0 spiro atoms. The molecule has 0 aliphatic heterocycles. The van der Waals surface area contributed by atoms with Gasteiger partial charge in [-0.05, 0) is 6.04 Å². The molecule has 0 aromatic carbocycles. The van der Waals surface area contributed by atoms with E-state index >= 15 is 0 Å². The minimum absolute atomic E-state index is 0.246. The molecule has 0 bridgehead atoms. The van der Waals surface area contributed by atoms with E-state index in [-0.39, 0.29) is 8.83 Å². The van der Waals surface area contributed by atoms with Gasteiger partial charge < -0.3 is 0 Å². The van der Waals surface area contributed by atoms with Crippen LogP contribution < -0.4 is 0 Å². The summed E-state index contributed by atoms with van der Waals surface area (Å²) in [5.41, 5.74) is 0. The molecule has 32 valence electrons. The number of hydrogen-bond donors (Lipinski definition) is 0. The summed E-state index contributed by atoms with van der Waals surface area (Å²) in [6.07, 6.45) is 0. The van der Waals surface area contributed by atoms with Gasteiger partial charge in [-0.25, -0.2) is 0 Å². The van der Waals surface area contributed by atoms with E-state index < -0.39 is 0 Å². The first-order valence-corrected chi connectivity index (χ1v) is 5.21. The lowest BCUT2D eigenvalue weighted by atomic mass is 11.0. The van der Waals surface area contributed by atoms with Gasteiger partial charge in [0.2, 0.25) is 0 Å². The molecular formula is C2H6Cl2Si. The van der Waals surface area contributed by atoms with Crippen molar-refractivity contribution in [3.63, 3.8) is 0 Å². The first-order valence-electron chi connectivity index (χ1n) is 1.53. The third kappa shape index (κ3) is 4.80. The third-order valence-electron chi connectivity index (χ3n) is 0.267. The Balaban J connectivity index is 2.19. The molecule has 0 aromatic heterocycles. The first kappa shape index (κ1) is 5.80. The highest BCUT2D eigenvalue weighted by Crippen LogP contribution is 1.83. The summed E-state index contributed by atoms with van der Waals surface area (Å²) in [5.74, 6) is 0.746. The van der Waals surface area contributed by atoms with Gasteiger partial charge in [-0.3, -0.25) is 0 Å². The lowest BCUT2D eigenvalue weighted by Crippen LogP contribution is -1.74. The molecule has 0 aromatic rings. The predicted molar refractivity (Wildman–Crippen MR) is 29.9 cm³/mol. The van der Waals surface area contributed by atoms with Crippen LogP contribution in [0.15, 0.2) is 0 Å². The Hall–Kier alpha value is 0.797. The molecule has 3 heteroatoms. The lowest BCUT2D eigenvalue weighted by Gasteiger charge is -1.74. The fraction of sp³-hybridized carbons (Fsp3) is 1.00. The maximum Gasteiger partial charge on any atom is 0.126 e. The summed E-state index contributed by atoms with van der Waals surface area (Å²) >= 11 is 10.6. The smallest absolute Gasteiger partial charge is 0.126 e. The monoisotopic (exact) mass is 128 g/mol. The van der Waals surface area contributed by atoms with E-state index in [1.54, 1.807) is 0 Å². The van der Waals surface area contributed by atoms with Gasteiger partial charge in [-0.15, -0.1) is 11.6 Å². The lowest BCUT2D eigenvalue weighted by molar-refractivity contribution is 1.48. The molecule has 0 N–H and O–H groups in total. The maximum absolute atomic E-state index is 5.36. The Morgan fingerprint density at radius 3 is 2.20 bits per heavy atom. The number of halogens is 2. The predicted octanol–water partition coefficient (Wildman–Crippen LogP) is 0.966. The van der Waals surface area contributed by atoms with E-state index in [4.69, 9.17) is 22.7 Å². The van der Waals surface area contributed by atoms with Crippen molar-refractivity contribution in [2.75, 3.05) is 5.88 Å². The van der Waals surface area contributed by atoms with Crippen LogP contribution in [0.3, 0.4) is 0 Å². The Morgan fingerprint density at radius 1 is 1.60 bits per heavy atom. The molecular weight excluding hydrogens is 123 g/mol. The van der Waals surface area contributed by atoms with Crippen molar-refractivity contribution in [1.82, 2.24) is 0 Å². The van der Waals surface area contributed by atoms with Crippen molar-refractivity contribution < 1.29 is 0 Å². The zero-order chi connectivity index (χ0) is 4.12. The SMILES string of the molecule is ClCC[SiH2]Cl. The molecule has 0 heterocycles. The van der Waals surface area contributed by atoms with Gasteiger partial charge in [0.05, 0.1) is 0 Å². The Morgan fingerprint density at radius 2 is 2.20 bits per heavy atom. The van der Waals surface area contributed by atoms with Crippen molar-refractivity contribution in [1.29, 1.82) is 0 Å². The molecule has 0 fully saturated rings. The van der Waals surface area contributed by atoms with Crippen LogP contribution in [-0.2, 0) is 0 Å². The van der Waals surface area contributed by atoms with E-state index in [1.165, 1.54) is 0 Å². The van der Waals surface area contributed by atoms with Crippen molar-refractivity contribution in [2.45, 2.75) is 6.04 Å². The zero-order valence-electron chi connectivity index (χ0n) is 2.88. The quantitative estimate of drug-likeness (QED) is 0.296. The van der Waals surface area contributed by atoms with Crippen LogP contribution in [-0.4, -0.2) is 14.7 Å². The highest BCUT2D eigenvalue weighted by molar-refractivity contribution is 6.93. The zero-order valence-corrected chi connectivity index (χ0v) is 5.80. The van der Waals surface area contributed by atoms with Crippen molar-refractivity contribution in [3.05, 3.63) is 0 Å². The summed E-state index contributed by atoms with van der Waals surface area (Å²) in [6.45, 7) is 0. The second-order valence-electron chi connectivity index (χ2n) is 0.732. The van der Waals surface area contributed by atoms with Crippen LogP contribution in [0.1, 0.15) is 0 Å². The largest absolute Gasteiger partial charge is 0.176 e. The van der Waals surface area contributed by atoms with Gasteiger partial charge in [0.15, 0.2) is 0 Å². The summed E-state index contributed by atoms with van der Waals surface area (Å²) in [7, 11) is -0.246. The second kappa shape index (κ2) is 4.80. The summed E-state index contributed by atoms with van der Waals surface area (Å²) in [4.78, 5) is 0. The minimum Gasteiger partial charge on any atom is -0.176 e. The third-order valence-corrected chi connectivity index (χ3v) is 2.41. The minimum atomic E-state index is -0.246. The van der Waals surface area contributed by atoms with Gasteiger partial charge >= 0.3 is 0 Å². The van der Waals surface area contributed by atoms with Crippen molar-refractivity contribution >= 4 is 31.5 Å².